The van der Waals surface area contributed by atoms with Crippen molar-refractivity contribution >= 4 is 0 Å². The van der Waals surface area contributed by atoms with Gasteiger partial charge in [0.05, 0.1) is 0 Å². The van der Waals surface area contributed by atoms with Crippen LogP contribution in [0.25, 0.3) is 0 Å². The second-order valence-corrected chi connectivity index (χ2v) is 4.84. The zero-order valence-electron chi connectivity index (χ0n) is 9.59. The van der Waals surface area contributed by atoms with Gasteiger partial charge in [0.1, 0.15) is 0 Å². The van der Waals surface area contributed by atoms with E-state index in [2.05, 4.69) is 58.9 Å². The lowest BCUT2D eigenvalue weighted by Crippen LogP contribution is -1.93. The van der Waals surface area contributed by atoms with Crippen LogP contribution in [0.5, 0.6) is 0 Å². The minimum Gasteiger partial charge on any atom is -0.0622 e. The van der Waals surface area contributed by atoms with Crippen molar-refractivity contribution in [2.24, 2.45) is 5.41 Å². The van der Waals surface area contributed by atoms with Crippen LogP contribution in [-0.4, -0.2) is 0 Å². The summed E-state index contributed by atoms with van der Waals surface area (Å²) in [5.74, 6) is 0. The summed E-state index contributed by atoms with van der Waals surface area (Å²) < 4.78 is 0. The molecule has 1 aromatic rings. The van der Waals surface area contributed by atoms with Gasteiger partial charge in [0.15, 0.2) is 0 Å². The van der Waals surface area contributed by atoms with Gasteiger partial charge in [0.25, 0.3) is 0 Å². The molecule has 0 radical (unpaired) electrons. The Hall–Kier alpha value is -0.780. The maximum absolute atomic E-state index is 2.19. The molecule has 0 nitrogen and oxygen atoms in total. The highest BCUT2D eigenvalue weighted by Gasteiger charge is 1.95. The van der Waals surface area contributed by atoms with E-state index in [0.717, 1.165) is 6.42 Å². The van der Waals surface area contributed by atoms with Gasteiger partial charge in [0.2, 0.25) is 0 Å². The predicted octanol–water partition coefficient (Wildman–Crippen LogP) is 4.30. The van der Waals surface area contributed by atoms with Crippen LogP contribution >= 0.6 is 0 Å². The quantitative estimate of drug-likeness (QED) is 0.601. The molecular weight excluding hydrogens is 156 g/mol. The maximum atomic E-state index is 2.19. The van der Waals surface area contributed by atoms with Crippen LogP contribution in [0.2, 0.25) is 0 Å². The molecule has 0 amide bonds. The van der Waals surface area contributed by atoms with Gasteiger partial charge >= 0.3 is 0 Å². The third kappa shape index (κ3) is 11.2. The Kier molecular flexibility index (Phi) is 5.45. The average Bonchev–Trinajstić information content (AvgIpc) is 2.03. The molecule has 0 saturated carbocycles. The van der Waals surface area contributed by atoms with Crippen molar-refractivity contribution in [2.75, 3.05) is 0 Å². The smallest absolute Gasteiger partial charge is 0.0307 e. The molecule has 1 aromatic carbocycles. The summed E-state index contributed by atoms with van der Waals surface area (Å²) in [6.07, 6.45) is 1.14. The van der Waals surface area contributed by atoms with Gasteiger partial charge in [-0.25, -0.2) is 0 Å². The second-order valence-electron chi connectivity index (χ2n) is 4.84. The number of hydrogen-bond acceptors (Lipinski definition) is 0. The van der Waals surface area contributed by atoms with Crippen molar-refractivity contribution in [3.8, 4) is 0 Å². The number of aryl methyl sites for hydroxylation is 1. The van der Waals surface area contributed by atoms with Crippen LogP contribution in [-0.2, 0) is 6.42 Å². The molecule has 0 aliphatic carbocycles. The maximum Gasteiger partial charge on any atom is -0.0307 e. The first kappa shape index (κ1) is 12.2. The van der Waals surface area contributed by atoms with E-state index in [9.17, 15) is 0 Å². The normalized spacial score (nSPS) is 10.2. The van der Waals surface area contributed by atoms with Crippen LogP contribution in [0.1, 0.15) is 40.2 Å². The molecule has 0 aromatic heterocycles. The Balaban J connectivity index is 0.000000252. The van der Waals surface area contributed by atoms with Gasteiger partial charge in [-0.3, -0.25) is 0 Å². The largest absolute Gasteiger partial charge is 0.0622 e. The standard InChI is InChI=1S/C8H10.C5H12/c1-2-8-6-4-3-5-7-8;1-5(2,3)4/h3-7H,2H2,1H3;1-4H3. The van der Waals surface area contributed by atoms with E-state index >= 15 is 0 Å². The molecule has 0 spiro atoms. The zero-order chi connectivity index (χ0) is 10.3. The molecule has 0 N–H and O–H groups in total. The van der Waals surface area contributed by atoms with Gasteiger partial charge in [-0.2, -0.15) is 0 Å². The van der Waals surface area contributed by atoms with Crippen molar-refractivity contribution < 1.29 is 0 Å². The molecule has 0 heterocycles. The first-order valence-electron chi connectivity index (χ1n) is 4.97. The lowest BCUT2D eigenvalue weighted by Gasteiger charge is -2.05. The first-order chi connectivity index (χ1) is 5.93. The SMILES string of the molecule is CC(C)(C)C.CCc1ccccc1. The molecule has 1 rings (SSSR count). The van der Waals surface area contributed by atoms with Gasteiger partial charge < -0.3 is 0 Å². The minimum atomic E-state index is 0.500. The Bertz CT molecular complexity index is 197. The summed E-state index contributed by atoms with van der Waals surface area (Å²) in [6.45, 7) is 10.9. The minimum absolute atomic E-state index is 0.500. The Morgan fingerprint density at radius 3 is 1.54 bits per heavy atom. The molecule has 0 aliphatic heterocycles. The van der Waals surface area contributed by atoms with Crippen molar-refractivity contribution in [1.82, 2.24) is 0 Å². The third-order valence-electron chi connectivity index (χ3n) is 1.25. The molecule has 0 bridgehead atoms. The highest BCUT2D eigenvalue weighted by Crippen LogP contribution is 2.08. The van der Waals surface area contributed by atoms with Crippen LogP contribution in [0.4, 0.5) is 0 Å². The molecular formula is C13H22. The monoisotopic (exact) mass is 178 g/mol. The molecule has 0 fully saturated rings. The number of benzene rings is 1. The summed E-state index contributed by atoms with van der Waals surface area (Å²) in [7, 11) is 0. The van der Waals surface area contributed by atoms with Crippen molar-refractivity contribution in [1.29, 1.82) is 0 Å². The van der Waals surface area contributed by atoms with Gasteiger partial charge in [-0.05, 0) is 17.4 Å². The fourth-order valence-corrected chi connectivity index (χ4v) is 0.714. The zero-order valence-corrected chi connectivity index (χ0v) is 9.59. The van der Waals surface area contributed by atoms with Gasteiger partial charge in [-0.15, -0.1) is 0 Å². The first-order valence-corrected chi connectivity index (χ1v) is 4.97. The Labute approximate surface area is 83.0 Å². The third-order valence-corrected chi connectivity index (χ3v) is 1.25. The van der Waals surface area contributed by atoms with Crippen molar-refractivity contribution in [2.45, 2.75) is 41.0 Å². The highest BCUT2D eigenvalue weighted by molar-refractivity contribution is 5.13. The summed E-state index contributed by atoms with van der Waals surface area (Å²) in [5, 5.41) is 0. The number of hydrogen-bond donors (Lipinski definition) is 0. The Morgan fingerprint density at radius 2 is 1.31 bits per heavy atom. The molecule has 0 unspecified atom stereocenters. The Morgan fingerprint density at radius 1 is 0.923 bits per heavy atom. The van der Waals surface area contributed by atoms with Crippen LogP contribution in [0.15, 0.2) is 30.3 Å². The molecule has 0 saturated heterocycles. The van der Waals surface area contributed by atoms with E-state index in [1.54, 1.807) is 0 Å². The topological polar surface area (TPSA) is 0 Å². The summed E-state index contributed by atoms with van der Waals surface area (Å²) in [4.78, 5) is 0. The van der Waals surface area contributed by atoms with Crippen LogP contribution in [0, 0.1) is 5.41 Å². The highest BCUT2D eigenvalue weighted by atomic mass is 14.0. The van der Waals surface area contributed by atoms with E-state index < -0.39 is 0 Å². The summed E-state index contributed by atoms with van der Waals surface area (Å²) in [6, 6.07) is 10.5. The fourth-order valence-electron chi connectivity index (χ4n) is 0.714. The van der Waals surface area contributed by atoms with Crippen molar-refractivity contribution in [3.05, 3.63) is 35.9 Å². The molecule has 0 atom stereocenters. The summed E-state index contributed by atoms with van der Waals surface area (Å²) in [5.41, 5.74) is 1.91. The molecule has 13 heavy (non-hydrogen) atoms. The van der Waals surface area contributed by atoms with E-state index in [0.29, 0.717) is 5.41 Å². The second kappa shape index (κ2) is 5.80. The van der Waals surface area contributed by atoms with E-state index in [1.807, 2.05) is 6.07 Å². The summed E-state index contributed by atoms with van der Waals surface area (Å²) >= 11 is 0. The fraction of sp³-hybridized carbons (Fsp3) is 0.538. The molecule has 0 heteroatoms. The average molecular weight is 178 g/mol. The predicted molar refractivity (Wildman–Crippen MR) is 60.9 cm³/mol. The van der Waals surface area contributed by atoms with Crippen LogP contribution in [0.3, 0.4) is 0 Å². The number of rotatable bonds is 1. The molecule has 0 aliphatic rings. The van der Waals surface area contributed by atoms with E-state index in [1.165, 1.54) is 5.56 Å². The van der Waals surface area contributed by atoms with Crippen LogP contribution < -0.4 is 0 Å². The molecule has 74 valence electrons. The van der Waals surface area contributed by atoms with Crippen molar-refractivity contribution in [3.63, 3.8) is 0 Å². The van der Waals surface area contributed by atoms with E-state index in [-0.39, 0.29) is 0 Å². The lowest BCUT2D eigenvalue weighted by molar-refractivity contribution is 0.469. The lowest BCUT2D eigenvalue weighted by atomic mass is 10.0. The van der Waals surface area contributed by atoms with E-state index in [4.69, 9.17) is 0 Å². The van der Waals surface area contributed by atoms with Gasteiger partial charge in [0, 0.05) is 0 Å². The van der Waals surface area contributed by atoms with Gasteiger partial charge in [-0.1, -0.05) is 65.0 Å².